The maximum Gasteiger partial charge on any atom is 0.263 e. The van der Waals surface area contributed by atoms with Crippen molar-refractivity contribution in [3.63, 3.8) is 0 Å². The monoisotopic (exact) mass is 355 g/mol. The minimum Gasteiger partial charge on any atom is -0.285 e. The van der Waals surface area contributed by atoms with Crippen molar-refractivity contribution in [2.24, 2.45) is 0 Å². The van der Waals surface area contributed by atoms with Crippen molar-refractivity contribution in [2.45, 2.75) is 46.3 Å². The van der Waals surface area contributed by atoms with Gasteiger partial charge in [0.1, 0.15) is 11.2 Å². The second kappa shape index (κ2) is 7.50. The summed E-state index contributed by atoms with van der Waals surface area (Å²) in [5.74, 6) is 0.543. The Morgan fingerprint density at radius 2 is 1.96 bits per heavy atom. The van der Waals surface area contributed by atoms with Crippen LogP contribution >= 0.6 is 11.3 Å². The lowest BCUT2D eigenvalue weighted by Crippen LogP contribution is -2.29. The van der Waals surface area contributed by atoms with Crippen LogP contribution in [0.15, 0.2) is 41.5 Å². The molecule has 0 saturated heterocycles. The van der Waals surface area contributed by atoms with Gasteiger partial charge in [0, 0.05) is 11.4 Å². The first-order chi connectivity index (χ1) is 12.0. The number of hydrogen-bond acceptors (Lipinski definition) is 4. The van der Waals surface area contributed by atoms with E-state index in [-0.39, 0.29) is 5.56 Å². The first-order valence-corrected chi connectivity index (χ1v) is 9.54. The highest BCUT2D eigenvalue weighted by atomic mass is 32.1. The summed E-state index contributed by atoms with van der Waals surface area (Å²) < 4.78 is 1.69. The molecule has 3 rings (SSSR count). The molecule has 2 aromatic heterocycles. The number of rotatable bonds is 6. The lowest BCUT2D eigenvalue weighted by molar-refractivity contribution is 0.256. The van der Waals surface area contributed by atoms with Crippen LogP contribution in [-0.2, 0) is 19.6 Å². The molecule has 0 aliphatic rings. The summed E-state index contributed by atoms with van der Waals surface area (Å²) in [6.45, 7) is 7.83. The zero-order valence-electron chi connectivity index (χ0n) is 15.3. The molecule has 0 unspecified atom stereocenters. The van der Waals surface area contributed by atoms with Gasteiger partial charge in [0.05, 0.1) is 12.1 Å². The van der Waals surface area contributed by atoms with Crippen LogP contribution in [0.25, 0.3) is 10.2 Å². The van der Waals surface area contributed by atoms with Crippen molar-refractivity contribution in [2.75, 3.05) is 7.05 Å². The Kier molecular flexibility index (Phi) is 5.35. The Labute approximate surface area is 152 Å². The number of fused-ring (bicyclic) bond motifs is 1. The summed E-state index contributed by atoms with van der Waals surface area (Å²) in [4.78, 5) is 21.3. The van der Waals surface area contributed by atoms with E-state index in [4.69, 9.17) is 0 Å². The van der Waals surface area contributed by atoms with Crippen LogP contribution < -0.4 is 5.56 Å². The molecule has 1 aromatic carbocycles. The fraction of sp³-hybridized carbons (Fsp3) is 0.400. The number of nitrogens with zero attached hydrogens (tertiary/aromatic N) is 3. The molecule has 0 N–H and O–H groups in total. The Hall–Kier alpha value is -1.98. The quantitative estimate of drug-likeness (QED) is 0.664. The first kappa shape index (κ1) is 17.8. The van der Waals surface area contributed by atoms with E-state index in [1.54, 1.807) is 22.2 Å². The van der Waals surface area contributed by atoms with E-state index in [1.165, 1.54) is 16.0 Å². The van der Waals surface area contributed by atoms with Crippen LogP contribution in [0.3, 0.4) is 0 Å². The van der Waals surface area contributed by atoms with E-state index in [0.29, 0.717) is 12.6 Å². The molecule has 0 aliphatic heterocycles. The van der Waals surface area contributed by atoms with Gasteiger partial charge < -0.3 is 0 Å². The molecule has 0 radical (unpaired) electrons. The molecule has 0 atom stereocenters. The highest BCUT2D eigenvalue weighted by Crippen LogP contribution is 2.21. The lowest BCUT2D eigenvalue weighted by Gasteiger charge is -2.18. The normalized spacial score (nSPS) is 11.8. The molecule has 0 bridgehead atoms. The van der Waals surface area contributed by atoms with Gasteiger partial charge in [0.25, 0.3) is 5.56 Å². The first-order valence-electron chi connectivity index (χ1n) is 8.73. The second-order valence-corrected chi connectivity index (χ2v) is 7.97. The summed E-state index contributed by atoms with van der Waals surface area (Å²) in [6, 6.07) is 10.7. The van der Waals surface area contributed by atoms with E-state index in [1.807, 2.05) is 13.1 Å². The molecule has 0 amide bonds. The van der Waals surface area contributed by atoms with Gasteiger partial charge in [-0.25, -0.2) is 4.98 Å². The van der Waals surface area contributed by atoms with Gasteiger partial charge >= 0.3 is 0 Å². The third kappa shape index (κ3) is 3.99. The summed E-state index contributed by atoms with van der Waals surface area (Å²) in [6.07, 6.45) is 2.60. The highest BCUT2D eigenvalue weighted by Gasteiger charge is 2.10. The van der Waals surface area contributed by atoms with Crippen molar-refractivity contribution in [3.8, 4) is 0 Å². The van der Waals surface area contributed by atoms with Crippen molar-refractivity contribution in [1.82, 2.24) is 14.5 Å². The van der Waals surface area contributed by atoms with E-state index >= 15 is 0 Å². The summed E-state index contributed by atoms with van der Waals surface area (Å²) in [5.41, 5.74) is 2.64. The van der Waals surface area contributed by atoms with Gasteiger partial charge in [-0.15, -0.1) is 11.3 Å². The third-order valence-electron chi connectivity index (χ3n) is 4.41. The number of benzene rings is 1. The molecule has 3 aromatic rings. The Morgan fingerprint density at radius 3 is 2.60 bits per heavy atom. The van der Waals surface area contributed by atoms with Gasteiger partial charge in [0.2, 0.25) is 0 Å². The number of hydrogen-bond donors (Lipinski definition) is 0. The van der Waals surface area contributed by atoms with Gasteiger partial charge in [-0.1, -0.05) is 45.0 Å². The summed E-state index contributed by atoms with van der Waals surface area (Å²) in [7, 11) is 2.03. The number of aromatic nitrogens is 2. The van der Waals surface area contributed by atoms with Crippen molar-refractivity contribution < 1.29 is 0 Å². The maximum absolute atomic E-state index is 12.7. The minimum atomic E-state index is 0.0444. The molecule has 0 spiro atoms. The average Bonchev–Trinajstić information content (AvgIpc) is 3.02. The van der Waals surface area contributed by atoms with Crippen LogP contribution in [0.1, 0.15) is 42.7 Å². The van der Waals surface area contributed by atoms with E-state index < -0.39 is 0 Å². The van der Waals surface area contributed by atoms with Gasteiger partial charge in [-0.3, -0.25) is 14.3 Å². The second-order valence-electron chi connectivity index (χ2n) is 6.86. The largest absolute Gasteiger partial charge is 0.285 e. The molecule has 5 heteroatoms. The van der Waals surface area contributed by atoms with E-state index in [9.17, 15) is 4.79 Å². The average molecular weight is 356 g/mol. The van der Waals surface area contributed by atoms with Crippen LogP contribution in [0.5, 0.6) is 0 Å². The van der Waals surface area contributed by atoms with E-state index in [0.717, 1.165) is 23.2 Å². The maximum atomic E-state index is 12.7. The zero-order valence-corrected chi connectivity index (χ0v) is 16.1. The van der Waals surface area contributed by atoms with Crippen LogP contribution in [0.4, 0.5) is 0 Å². The van der Waals surface area contributed by atoms with Gasteiger partial charge in [-0.2, -0.15) is 0 Å². The van der Waals surface area contributed by atoms with Crippen molar-refractivity contribution >= 4 is 21.6 Å². The minimum absolute atomic E-state index is 0.0444. The molecule has 0 fully saturated rings. The fourth-order valence-corrected chi connectivity index (χ4v) is 3.84. The summed E-state index contributed by atoms with van der Waals surface area (Å²) >= 11 is 1.61. The molecule has 4 nitrogen and oxygen atoms in total. The molecule has 0 aliphatic carbocycles. The summed E-state index contributed by atoms with van der Waals surface area (Å²) in [5, 5.41) is 0.735. The van der Waals surface area contributed by atoms with Crippen LogP contribution in [-0.4, -0.2) is 21.5 Å². The highest BCUT2D eigenvalue weighted by molar-refractivity contribution is 7.18. The fourth-order valence-electron chi connectivity index (χ4n) is 2.91. The Morgan fingerprint density at radius 1 is 1.24 bits per heavy atom. The lowest BCUT2D eigenvalue weighted by atomic mass is 10.0. The molecular weight excluding hydrogens is 330 g/mol. The Balaban J connectivity index is 1.74. The third-order valence-corrected chi connectivity index (χ3v) is 5.60. The van der Waals surface area contributed by atoms with Gasteiger partial charge in [0.15, 0.2) is 0 Å². The van der Waals surface area contributed by atoms with E-state index in [2.05, 4.69) is 54.9 Å². The molecular formula is C20H25N3OS. The SMILES string of the molecule is CCc1cc2c(=O)n(CN(C)Cc3ccc(C(C)C)cc3)cnc2s1. The molecule has 132 valence electrons. The van der Waals surface area contributed by atoms with Crippen molar-refractivity contribution in [1.29, 1.82) is 0 Å². The smallest absolute Gasteiger partial charge is 0.263 e. The number of thiophene rings is 1. The van der Waals surface area contributed by atoms with Crippen molar-refractivity contribution in [3.05, 3.63) is 63.0 Å². The predicted octanol–water partition coefficient (Wildman–Crippen LogP) is 4.23. The zero-order chi connectivity index (χ0) is 18.0. The van der Waals surface area contributed by atoms with Crippen LogP contribution in [0.2, 0.25) is 0 Å². The number of aryl methyl sites for hydroxylation is 1. The molecule has 25 heavy (non-hydrogen) atoms. The molecule has 2 heterocycles. The topological polar surface area (TPSA) is 38.1 Å². The predicted molar refractivity (Wildman–Crippen MR) is 105 cm³/mol. The van der Waals surface area contributed by atoms with Gasteiger partial charge in [-0.05, 0) is 36.6 Å². The molecule has 0 saturated carbocycles. The standard InChI is InChI=1S/C20H25N3OS/c1-5-17-10-18-19(25-17)21-12-23(20(18)24)13-22(4)11-15-6-8-16(9-7-15)14(2)3/h6-10,12,14H,5,11,13H2,1-4H3. The Bertz CT molecular complexity index is 909. The van der Waals surface area contributed by atoms with Crippen LogP contribution in [0, 0.1) is 0 Å².